The smallest absolute Gasteiger partial charge is 0.320 e. The van der Waals surface area contributed by atoms with Crippen LogP contribution in [0.15, 0.2) is 12.4 Å². The zero-order valence-corrected chi connectivity index (χ0v) is 12.8. The molecule has 2 N–H and O–H groups in total. The molecule has 0 radical (unpaired) electrons. The molecule has 1 aromatic heterocycles. The third-order valence-corrected chi connectivity index (χ3v) is 3.83. The average Bonchev–Trinajstić information content (AvgIpc) is 2.78. The largest absolute Gasteiger partial charge is 0.481 e. The van der Waals surface area contributed by atoms with E-state index in [2.05, 4.69) is 39.3 Å². The molecule has 116 valence electrons. The van der Waals surface area contributed by atoms with Crippen LogP contribution in [0, 0.1) is 0 Å². The highest BCUT2D eigenvalue weighted by atomic mass is 16.5. The van der Waals surface area contributed by atoms with Crippen LogP contribution >= 0.6 is 0 Å². The maximum absolute atomic E-state index is 11.8. The zero-order chi connectivity index (χ0) is 15.3. The summed E-state index contributed by atoms with van der Waals surface area (Å²) in [7, 11) is 1.52. The first-order chi connectivity index (χ1) is 10.0. The molecule has 0 aromatic carbocycles. The van der Waals surface area contributed by atoms with Gasteiger partial charge in [-0.2, -0.15) is 0 Å². The number of carbonyl (C=O) groups is 1. The maximum atomic E-state index is 11.8. The van der Waals surface area contributed by atoms with Crippen LogP contribution in [-0.2, 0) is 0 Å². The third-order valence-electron chi connectivity index (χ3n) is 3.83. The topological polar surface area (TPSA) is 79.4 Å². The molecule has 2 heterocycles. The molecule has 0 unspecified atom stereocenters. The van der Waals surface area contributed by atoms with Gasteiger partial charge in [-0.3, -0.25) is 10.2 Å². The van der Waals surface area contributed by atoms with Crippen molar-refractivity contribution in [3.05, 3.63) is 12.4 Å². The summed E-state index contributed by atoms with van der Waals surface area (Å²) >= 11 is 0. The number of aromatic nitrogens is 2. The number of hydrogen-bond acceptors (Lipinski definition) is 5. The van der Waals surface area contributed by atoms with Gasteiger partial charge >= 0.3 is 6.03 Å². The number of methoxy groups -OCH3 is 1. The van der Waals surface area contributed by atoms with Crippen LogP contribution in [0.1, 0.15) is 26.7 Å². The molecule has 0 saturated carbocycles. The maximum Gasteiger partial charge on any atom is 0.320 e. The molecule has 7 heteroatoms. The summed E-state index contributed by atoms with van der Waals surface area (Å²) in [6.07, 6.45) is 3.78. The monoisotopic (exact) mass is 293 g/mol. The van der Waals surface area contributed by atoms with Crippen LogP contribution in [0.4, 0.5) is 10.6 Å². The highest BCUT2D eigenvalue weighted by Crippen LogP contribution is 2.27. The molecule has 2 rings (SSSR count). The number of anilines is 1. The van der Waals surface area contributed by atoms with Crippen LogP contribution in [0.5, 0.6) is 5.88 Å². The molecular formula is C14H23N5O2. The number of urea groups is 1. The summed E-state index contributed by atoms with van der Waals surface area (Å²) in [5.74, 6) is 0.833. The Kier molecular flexibility index (Phi) is 4.95. The van der Waals surface area contributed by atoms with E-state index in [-0.39, 0.29) is 11.6 Å². The summed E-state index contributed by atoms with van der Waals surface area (Å²) in [6.45, 7) is 7.05. The Morgan fingerprint density at radius 1 is 1.48 bits per heavy atom. The number of ether oxygens (including phenoxy) is 1. The van der Waals surface area contributed by atoms with Gasteiger partial charge in [0.25, 0.3) is 0 Å². The Balaban J connectivity index is 1.75. The van der Waals surface area contributed by atoms with E-state index in [1.165, 1.54) is 26.3 Å². The Labute approximate surface area is 125 Å². The number of amides is 2. The van der Waals surface area contributed by atoms with Gasteiger partial charge in [-0.05, 0) is 33.2 Å². The summed E-state index contributed by atoms with van der Waals surface area (Å²) in [5, 5.41) is 5.50. The minimum atomic E-state index is -0.271. The fourth-order valence-corrected chi connectivity index (χ4v) is 2.56. The van der Waals surface area contributed by atoms with Crippen molar-refractivity contribution in [2.45, 2.75) is 32.2 Å². The molecule has 1 aliphatic rings. The Morgan fingerprint density at radius 3 is 2.95 bits per heavy atom. The van der Waals surface area contributed by atoms with Crippen molar-refractivity contribution in [2.75, 3.05) is 32.1 Å². The Morgan fingerprint density at radius 2 is 2.29 bits per heavy atom. The SMILES string of the molecule is COc1cc(NC(=O)NCCN2CCCC2(C)C)ncn1. The average molecular weight is 293 g/mol. The molecule has 1 aromatic rings. The molecule has 0 spiro atoms. The second kappa shape index (κ2) is 6.71. The van der Waals surface area contributed by atoms with Crippen molar-refractivity contribution in [1.29, 1.82) is 0 Å². The van der Waals surface area contributed by atoms with Crippen molar-refractivity contribution in [2.24, 2.45) is 0 Å². The lowest BCUT2D eigenvalue weighted by Crippen LogP contribution is -2.43. The van der Waals surface area contributed by atoms with E-state index in [1.54, 1.807) is 6.07 Å². The van der Waals surface area contributed by atoms with Gasteiger partial charge in [0.2, 0.25) is 5.88 Å². The van der Waals surface area contributed by atoms with Gasteiger partial charge in [-0.1, -0.05) is 0 Å². The Hall–Kier alpha value is -1.89. The van der Waals surface area contributed by atoms with Crippen LogP contribution in [0.3, 0.4) is 0 Å². The van der Waals surface area contributed by atoms with E-state index in [0.29, 0.717) is 18.2 Å². The number of likely N-dealkylation sites (tertiary alicyclic amines) is 1. The number of rotatable bonds is 5. The standard InChI is InChI=1S/C14H23N5O2/c1-14(2)5-4-7-19(14)8-6-15-13(20)18-11-9-12(21-3)17-10-16-11/h9-10H,4-8H2,1-3H3,(H2,15,16,17,18,20). The van der Waals surface area contributed by atoms with E-state index in [9.17, 15) is 4.79 Å². The fraction of sp³-hybridized carbons (Fsp3) is 0.643. The lowest BCUT2D eigenvalue weighted by molar-refractivity contribution is 0.176. The van der Waals surface area contributed by atoms with Crippen molar-refractivity contribution in [3.63, 3.8) is 0 Å². The number of carbonyl (C=O) groups excluding carboxylic acids is 1. The van der Waals surface area contributed by atoms with Crippen LogP contribution in [0.25, 0.3) is 0 Å². The molecular weight excluding hydrogens is 270 g/mol. The predicted octanol–water partition coefficient (Wildman–Crippen LogP) is 1.48. The van der Waals surface area contributed by atoms with Crippen molar-refractivity contribution in [1.82, 2.24) is 20.2 Å². The summed E-state index contributed by atoms with van der Waals surface area (Å²) in [4.78, 5) is 22.1. The minimum Gasteiger partial charge on any atom is -0.481 e. The van der Waals surface area contributed by atoms with Gasteiger partial charge in [-0.15, -0.1) is 0 Å². The molecule has 7 nitrogen and oxygen atoms in total. The van der Waals surface area contributed by atoms with Gasteiger partial charge in [-0.25, -0.2) is 14.8 Å². The van der Waals surface area contributed by atoms with Crippen LogP contribution in [-0.4, -0.2) is 53.2 Å². The molecule has 0 atom stereocenters. The van der Waals surface area contributed by atoms with Crippen LogP contribution in [0.2, 0.25) is 0 Å². The molecule has 2 amide bonds. The quantitative estimate of drug-likeness (QED) is 0.859. The zero-order valence-electron chi connectivity index (χ0n) is 12.8. The molecule has 0 aliphatic carbocycles. The lowest BCUT2D eigenvalue weighted by atomic mass is 10.0. The number of nitrogens with one attached hydrogen (secondary N) is 2. The van der Waals surface area contributed by atoms with Gasteiger partial charge in [0.05, 0.1) is 7.11 Å². The van der Waals surface area contributed by atoms with Gasteiger partial charge in [0, 0.05) is 24.7 Å². The lowest BCUT2D eigenvalue weighted by Gasteiger charge is -2.31. The van der Waals surface area contributed by atoms with Gasteiger partial charge < -0.3 is 10.1 Å². The van der Waals surface area contributed by atoms with Crippen LogP contribution < -0.4 is 15.4 Å². The molecule has 1 fully saturated rings. The highest BCUT2D eigenvalue weighted by molar-refractivity contribution is 5.88. The first-order valence-electron chi connectivity index (χ1n) is 7.17. The second-order valence-corrected chi connectivity index (χ2v) is 5.73. The molecule has 0 bridgehead atoms. The molecule has 1 saturated heterocycles. The first-order valence-corrected chi connectivity index (χ1v) is 7.17. The predicted molar refractivity (Wildman–Crippen MR) is 80.5 cm³/mol. The number of nitrogens with zero attached hydrogens (tertiary/aromatic N) is 3. The van der Waals surface area contributed by atoms with E-state index >= 15 is 0 Å². The molecule has 1 aliphatic heterocycles. The fourth-order valence-electron chi connectivity index (χ4n) is 2.56. The van der Waals surface area contributed by atoms with Crippen molar-refractivity contribution < 1.29 is 9.53 Å². The van der Waals surface area contributed by atoms with E-state index in [4.69, 9.17) is 4.74 Å². The van der Waals surface area contributed by atoms with Gasteiger partial charge in [0.15, 0.2) is 0 Å². The number of hydrogen-bond donors (Lipinski definition) is 2. The summed E-state index contributed by atoms with van der Waals surface area (Å²) in [5.41, 5.74) is 0.234. The minimum absolute atomic E-state index is 0.234. The Bertz CT molecular complexity index is 492. The molecule has 21 heavy (non-hydrogen) atoms. The second-order valence-electron chi connectivity index (χ2n) is 5.73. The summed E-state index contributed by atoms with van der Waals surface area (Å²) < 4.78 is 4.98. The highest BCUT2D eigenvalue weighted by Gasteiger charge is 2.31. The van der Waals surface area contributed by atoms with E-state index in [0.717, 1.165) is 13.1 Å². The van der Waals surface area contributed by atoms with E-state index in [1.807, 2.05) is 0 Å². The third kappa shape index (κ3) is 4.29. The van der Waals surface area contributed by atoms with E-state index < -0.39 is 0 Å². The van der Waals surface area contributed by atoms with Crippen molar-refractivity contribution in [3.8, 4) is 5.88 Å². The first kappa shape index (κ1) is 15.5. The van der Waals surface area contributed by atoms with Gasteiger partial charge in [0.1, 0.15) is 12.1 Å². The normalized spacial score (nSPS) is 17.5. The summed E-state index contributed by atoms with van der Waals surface area (Å²) in [6, 6.07) is 1.30. The van der Waals surface area contributed by atoms with Crippen molar-refractivity contribution >= 4 is 11.8 Å².